The van der Waals surface area contributed by atoms with Crippen LogP contribution in [0.15, 0.2) is 11.1 Å². The van der Waals surface area contributed by atoms with Crippen LogP contribution >= 0.6 is 11.3 Å². The quantitative estimate of drug-likeness (QED) is 0.528. The zero-order chi connectivity index (χ0) is 9.14. The van der Waals surface area contributed by atoms with Crippen molar-refractivity contribution in [1.82, 2.24) is 0 Å². The molecular weight excluding hydrogens is 172 g/mol. The van der Waals surface area contributed by atoms with Crippen LogP contribution in [-0.2, 0) is 0 Å². The van der Waals surface area contributed by atoms with Crippen molar-refractivity contribution < 1.29 is 4.79 Å². The maximum atomic E-state index is 10.5. The molecule has 1 aromatic rings. The third-order valence-electron chi connectivity index (χ3n) is 1.45. The fraction of sp³-hybridized carbons (Fsp3) is 0.250. The average Bonchev–Trinajstić information content (AvgIpc) is 2.46. The molecule has 1 aromatic heterocycles. The standard InChI is InChI=1S/C8H10N2OS/c1-9-6-4-8(10(2)3)12-7(6)5-11/h4-5H,1H2,2-3H3. The van der Waals surface area contributed by atoms with Crippen LogP contribution in [0.1, 0.15) is 9.67 Å². The number of hydrogen-bond donors (Lipinski definition) is 0. The Morgan fingerprint density at radius 3 is 2.67 bits per heavy atom. The fourth-order valence-corrected chi connectivity index (χ4v) is 1.67. The number of rotatable bonds is 3. The molecule has 1 rings (SSSR count). The van der Waals surface area contributed by atoms with Gasteiger partial charge in [-0.25, -0.2) is 0 Å². The molecule has 12 heavy (non-hydrogen) atoms. The number of aliphatic imine (C=N–C) groups is 1. The van der Waals surface area contributed by atoms with Crippen LogP contribution in [0.2, 0.25) is 0 Å². The average molecular weight is 182 g/mol. The molecule has 0 aliphatic carbocycles. The summed E-state index contributed by atoms with van der Waals surface area (Å²) in [5, 5.41) is 1.01. The minimum atomic E-state index is 0.633. The molecule has 0 N–H and O–H groups in total. The van der Waals surface area contributed by atoms with E-state index in [0.717, 1.165) is 11.3 Å². The van der Waals surface area contributed by atoms with Gasteiger partial charge in [-0.1, -0.05) is 0 Å². The van der Waals surface area contributed by atoms with Crippen LogP contribution in [0, 0.1) is 0 Å². The molecular formula is C8H10N2OS. The number of anilines is 1. The highest BCUT2D eigenvalue weighted by atomic mass is 32.1. The van der Waals surface area contributed by atoms with Crippen molar-refractivity contribution in [2.45, 2.75) is 0 Å². The van der Waals surface area contributed by atoms with E-state index < -0.39 is 0 Å². The topological polar surface area (TPSA) is 32.7 Å². The van der Waals surface area contributed by atoms with Gasteiger partial charge in [-0.3, -0.25) is 9.79 Å². The summed E-state index contributed by atoms with van der Waals surface area (Å²) in [6.45, 7) is 3.39. The molecule has 0 bridgehead atoms. The summed E-state index contributed by atoms with van der Waals surface area (Å²) >= 11 is 1.42. The highest BCUT2D eigenvalue weighted by Crippen LogP contribution is 2.33. The van der Waals surface area contributed by atoms with Crippen LogP contribution in [0.5, 0.6) is 0 Å². The molecule has 3 nitrogen and oxygen atoms in total. The normalized spacial score (nSPS) is 9.50. The lowest BCUT2D eigenvalue weighted by Gasteiger charge is -2.06. The van der Waals surface area contributed by atoms with Crippen molar-refractivity contribution in [3.8, 4) is 0 Å². The minimum absolute atomic E-state index is 0.633. The Hall–Kier alpha value is -1.16. The number of carbonyl (C=O) groups excluding carboxylic acids is 1. The number of hydrogen-bond acceptors (Lipinski definition) is 4. The van der Waals surface area contributed by atoms with Crippen molar-refractivity contribution in [3.63, 3.8) is 0 Å². The molecule has 0 aliphatic heterocycles. The van der Waals surface area contributed by atoms with E-state index in [-0.39, 0.29) is 0 Å². The van der Waals surface area contributed by atoms with Crippen LogP contribution in [0.3, 0.4) is 0 Å². The third-order valence-corrected chi connectivity index (χ3v) is 2.66. The molecule has 1 heterocycles. The van der Waals surface area contributed by atoms with Crippen molar-refractivity contribution >= 4 is 35.0 Å². The van der Waals surface area contributed by atoms with E-state index >= 15 is 0 Å². The highest BCUT2D eigenvalue weighted by molar-refractivity contribution is 7.18. The van der Waals surface area contributed by atoms with Crippen molar-refractivity contribution in [2.75, 3.05) is 19.0 Å². The first kappa shape index (κ1) is 8.93. The summed E-state index contributed by atoms with van der Waals surface area (Å²) in [4.78, 5) is 16.8. The van der Waals surface area contributed by atoms with Crippen molar-refractivity contribution in [3.05, 3.63) is 10.9 Å². The van der Waals surface area contributed by atoms with Gasteiger partial charge >= 0.3 is 0 Å². The van der Waals surface area contributed by atoms with Gasteiger partial charge in [0, 0.05) is 14.1 Å². The second-order valence-corrected chi connectivity index (χ2v) is 3.57. The van der Waals surface area contributed by atoms with Gasteiger partial charge in [0.25, 0.3) is 0 Å². The predicted molar refractivity (Wildman–Crippen MR) is 53.2 cm³/mol. The molecule has 0 unspecified atom stereocenters. The first-order chi connectivity index (χ1) is 5.69. The van der Waals surface area contributed by atoms with E-state index in [0.29, 0.717) is 10.6 Å². The Morgan fingerprint density at radius 1 is 1.67 bits per heavy atom. The minimum Gasteiger partial charge on any atom is -0.369 e. The Labute approximate surface area is 75.3 Å². The Bertz CT molecular complexity index is 279. The summed E-state index contributed by atoms with van der Waals surface area (Å²) in [7, 11) is 3.85. The van der Waals surface area contributed by atoms with Crippen LogP contribution < -0.4 is 4.90 Å². The second-order valence-electron chi connectivity index (χ2n) is 2.50. The first-order valence-electron chi connectivity index (χ1n) is 3.42. The molecule has 0 aliphatic rings. The van der Waals surface area contributed by atoms with Crippen LogP contribution in [0.4, 0.5) is 10.7 Å². The monoisotopic (exact) mass is 182 g/mol. The smallest absolute Gasteiger partial charge is 0.162 e. The van der Waals surface area contributed by atoms with E-state index in [4.69, 9.17) is 0 Å². The Balaban J connectivity index is 3.13. The molecule has 0 spiro atoms. The van der Waals surface area contributed by atoms with Gasteiger partial charge in [0.15, 0.2) is 6.29 Å². The lowest BCUT2D eigenvalue weighted by Crippen LogP contribution is -2.05. The molecule has 4 heteroatoms. The van der Waals surface area contributed by atoms with E-state index in [9.17, 15) is 4.79 Å². The highest BCUT2D eigenvalue weighted by Gasteiger charge is 2.07. The lowest BCUT2D eigenvalue weighted by atomic mass is 10.4. The largest absolute Gasteiger partial charge is 0.369 e. The number of carbonyl (C=O) groups is 1. The van der Waals surface area contributed by atoms with Gasteiger partial charge < -0.3 is 4.90 Å². The van der Waals surface area contributed by atoms with Crippen molar-refractivity contribution in [1.29, 1.82) is 0 Å². The molecule has 0 radical (unpaired) electrons. The third kappa shape index (κ3) is 1.53. The molecule has 0 saturated carbocycles. The van der Waals surface area contributed by atoms with Gasteiger partial charge in [0.05, 0.1) is 15.6 Å². The van der Waals surface area contributed by atoms with Gasteiger partial charge in [-0.15, -0.1) is 11.3 Å². The zero-order valence-electron chi connectivity index (χ0n) is 7.07. The van der Waals surface area contributed by atoms with E-state index in [1.165, 1.54) is 11.3 Å². The fourth-order valence-electron chi connectivity index (χ4n) is 0.811. The summed E-state index contributed by atoms with van der Waals surface area (Å²) in [6, 6.07) is 1.85. The number of aldehydes is 1. The van der Waals surface area contributed by atoms with Crippen LogP contribution in [0.25, 0.3) is 0 Å². The van der Waals surface area contributed by atoms with Gasteiger partial charge in [-0.05, 0) is 12.8 Å². The molecule has 64 valence electrons. The van der Waals surface area contributed by atoms with E-state index in [1.54, 1.807) is 0 Å². The molecule has 0 amide bonds. The molecule has 0 aromatic carbocycles. The maximum Gasteiger partial charge on any atom is 0.162 e. The van der Waals surface area contributed by atoms with Gasteiger partial charge in [0.2, 0.25) is 0 Å². The van der Waals surface area contributed by atoms with E-state index in [2.05, 4.69) is 11.7 Å². The van der Waals surface area contributed by atoms with Gasteiger partial charge in [-0.2, -0.15) is 0 Å². The molecule has 0 fully saturated rings. The van der Waals surface area contributed by atoms with Crippen molar-refractivity contribution in [2.24, 2.45) is 4.99 Å². The van der Waals surface area contributed by atoms with Gasteiger partial charge in [0.1, 0.15) is 0 Å². The van der Waals surface area contributed by atoms with Crippen LogP contribution in [-0.4, -0.2) is 27.1 Å². The Kier molecular flexibility index (Phi) is 2.60. The first-order valence-corrected chi connectivity index (χ1v) is 4.23. The summed E-state index contributed by atoms with van der Waals surface area (Å²) in [5.74, 6) is 0. The summed E-state index contributed by atoms with van der Waals surface area (Å²) in [5.41, 5.74) is 0.665. The second kappa shape index (κ2) is 3.49. The maximum absolute atomic E-state index is 10.5. The summed E-state index contributed by atoms with van der Waals surface area (Å²) in [6.07, 6.45) is 0.807. The SMILES string of the molecule is C=Nc1cc(N(C)C)sc1C=O. The number of thiophene rings is 1. The van der Waals surface area contributed by atoms with E-state index in [1.807, 2.05) is 25.1 Å². The predicted octanol–water partition coefficient (Wildman–Crippen LogP) is 1.96. The Morgan fingerprint density at radius 2 is 2.33 bits per heavy atom. The lowest BCUT2D eigenvalue weighted by molar-refractivity contribution is 0.112. The molecule has 0 atom stereocenters. The zero-order valence-corrected chi connectivity index (χ0v) is 7.89. The number of nitrogens with zero attached hydrogens (tertiary/aromatic N) is 2. The summed E-state index contributed by atoms with van der Waals surface area (Å²) < 4.78 is 0. The molecule has 0 saturated heterocycles.